The Bertz CT molecular complexity index is 516. The molecule has 0 saturated carbocycles. The second-order valence-corrected chi connectivity index (χ2v) is 4.29. The molecule has 0 bridgehead atoms. The first kappa shape index (κ1) is 9.02. The van der Waals surface area contributed by atoms with E-state index in [1.807, 2.05) is 0 Å². The van der Waals surface area contributed by atoms with E-state index in [1.165, 1.54) is 11.3 Å². The van der Waals surface area contributed by atoms with E-state index < -0.39 is 5.97 Å². The molecule has 3 nitrogen and oxygen atoms in total. The van der Waals surface area contributed by atoms with Crippen LogP contribution >= 0.6 is 11.3 Å². The van der Waals surface area contributed by atoms with E-state index in [-0.39, 0.29) is 0 Å². The maximum atomic E-state index is 11.0. The molecular weight excluding hydrogens is 198 g/mol. The summed E-state index contributed by atoms with van der Waals surface area (Å²) in [6.45, 7) is 1.80. The minimum Gasteiger partial charge on any atom is -0.478 e. The summed E-state index contributed by atoms with van der Waals surface area (Å²) in [4.78, 5) is 11.8. The van der Waals surface area contributed by atoms with Gasteiger partial charge in [0.05, 0.1) is 10.3 Å². The number of benzene rings is 1. The molecule has 0 spiro atoms. The van der Waals surface area contributed by atoms with Gasteiger partial charge in [0.15, 0.2) is 0 Å². The number of carboxylic acid groups (broad SMARTS) is 1. The van der Waals surface area contributed by atoms with Crippen molar-refractivity contribution >= 4 is 33.1 Å². The largest absolute Gasteiger partial charge is 0.478 e. The molecule has 0 aliphatic heterocycles. The zero-order valence-electron chi connectivity index (χ0n) is 7.57. The lowest BCUT2D eigenvalue weighted by Crippen LogP contribution is -1.96. The van der Waals surface area contributed by atoms with Crippen LogP contribution in [0.5, 0.6) is 0 Å². The standard InChI is InChI=1S/C10H9NO2S/c1-5-8(10(12)13)6-3-2-4-7(11)9(6)14-5/h2-4H,11H2,1H3,(H,12,13). The third-order valence-electron chi connectivity index (χ3n) is 2.14. The fraction of sp³-hybridized carbons (Fsp3) is 0.100. The Kier molecular flexibility index (Phi) is 1.93. The van der Waals surface area contributed by atoms with Gasteiger partial charge in [-0.05, 0) is 13.0 Å². The van der Waals surface area contributed by atoms with Gasteiger partial charge in [-0.3, -0.25) is 0 Å². The fourth-order valence-electron chi connectivity index (χ4n) is 1.53. The fourth-order valence-corrected chi connectivity index (χ4v) is 2.60. The number of rotatable bonds is 1. The zero-order valence-corrected chi connectivity index (χ0v) is 8.39. The average molecular weight is 207 g/mol. The summed E-state index contributed by atoms with van der Waals surface area (Å²) in [7, 11) is 0. The first-order valence-corrected chi connectivity index (χ1v) is 4.94. The van der Waals surface area contributed by atoms with Gasteiger partial charge in [-0.1, -0.05) is 12.1 Å². The molecule has 0 unspecified atom stereocenters. The molecule has 0 radical (unpaired) electrons. The molecule has 0 aliphatic rings. The number of thiophene rings is 1. The topological polar surface area (TPSA) is 63.3 Å². The van der Waals surface area contributed by atoms with Crippen molar-refractivity contribution in [2.45, 2.75) is 6.92 Å². The highest BCUT2D eigenvalue weighted by Crippen LogP contribution is 2.34. The van der Waals surface area contributed by atoms with Gasteiger partial charge in [-0.15, -0.1) is 11.3 Å². The van der Waals surface area contributed by atoms with E-state index in [4.69, 9.17) is 10.8 Å². The van der Waals surface area contributed by atoms with Gasteiger partial charge in [-0.2, -0.15) is 0 Å². The third kappa shape index (κ3) is 1.15. The number of carbonyl (C=O) groups is 1. The van der Waals surface area contributed by atoms with Gasteiger partial charge in [0.25, 0.3) is 0 Å². The highest BCUT2D eigenvalue weighted by Gasteiger charge is 2.15. The number of anilines is 1. The number of hydrogen-bond donors (Lipinski definition) is 2. The van der Waals surface area contributed by atoms with Crippen LogP contribution in [-0.2, 0) is 0 Å². The molecule has 14 heavy (non-hydrogen) atoms. The van der Waals surface area contributed by atoms with Crippen molar-refractivity contribution in [1.29, 1.82) is 0 Å². The summed E-state index contributed by atoms with van der Waals surface area (Å²) in [6, 6.07) is 5.35. The van der Waals surface area contributed by atoms with Crippen LogP contribution in [-0.4, -0.2) is 11.1 Å². The number of aryl methyl sites for hydroxylation is 1. The van der Waals surface area contributed by atoms with Crippen LogP contribution in [0, 0.1) is 6.92 Å². The van der Waals surface area contributed by atoms with Crippen LogP contribution in [0.15, 0.2) is 18.2 Å². The minimum atomic E-state index is -0.889. The Morgan fingerprint density at radius 1 is 1.50 bits per heavy atom. The monoisotopic (exact) mass is 207 g/mol. The molecule has 4 heteroatoms. The lowest BCUT2D eigenvalue weighted by Gasteiger charge is -1.95. The first-order valence-electron chi connectivity index (χ1n) is 4.12. The van der Waals surface area contributed by atoms with Crippen molar-refractivity contribution in [1.82, 2.24) is 0 Å². The van der Waals surface area contributed by atoms with Crippen LogP contribution in [0.25, 0.3) is 10.1 Å². The predicted octanol–water partition coefficient (Wildman–Crippen LogP) is 2.49. The molecule has 0 amide bonds. The summed E-state index contributed by atoms with van der Waals surface area (Å²) in [5.74, 6) is -0.889. The Morgan fingerprint density at radius 3 is 2.86 bits per heavy atom. The zero-order chi connectivity index (χ0) is 10.3. The molecule has 0 saturated heterocycles. The summed E-state index contributed by atoms with van der Waals surface area (Å²) in [5.41, 5.74) is 6.77. The number of hydrogen-bond acceptors (Lipinski definition) is 3. The van der Waals surface area contributed by atoms with E-state index in [0.717, 1.165) is 15.0 Å². The van der Waals surface area contributed by atoms with Gasteiger partial charge < -0.3 is 10.8 Å². The second-order valence-electron chi connectivity index (χ2n) is 3.06. The lowest BCUT2D eigenvalue weighted by atomic mass is 10.1. The Morgan fingerprint density at radius 2 is 2.21 bits per heavy atom. The van der Waals surface area contributed by atoms with Crippen LogP contribution in [0.1, 0.15) is 15.2 Å². The normalized spacial score (nSPS) is 10.6. The molecule has 3 N–H and O–H groups in total. The van der Waals surface area contributed by atoms with Gasteiger partial charge >= 0.3 is 5.97 Å². The molecule has 1 heterocycles. The Balaban J connectivity index is 2.90. The van der Waals surface area contributed by atoms with Crippen molar-refractivity contribution in [2.24, 2.45) is 0 Å². The molecular formula is C10H9NO2S. The van der Waals surface area contributed by atoms with Crippen molar-refractivity contribution in [3.8, 4) is 0 Å². The molecule has 2 rings (SSSR count). The number of fused-ring (bicyclic) bond motifs is 1. The van der Waals surface area contributed by atoms with Gasteiger partial charge in [-0.25, -0.2) is 4.79 Å². The van der Waals surface area contributed by atoms with Gasteiger partial charge in [0.2, 0.25) is 0 Å². The smallest absolute Gasteiger partial charge is 0.337 e. The average Bonchev–Trinajstić information content (AvgIpc) is 2.42. The number of aromatic carboxylic acids is 1. The van der Waals surface area contributed by atoms with E-state index in [0.29, 0.717) is 11.3 Å². The highest BCUT2D eigenvalue weighted by atomic mass is 32.1. The van der Waals surface area contributed by atoms with Crippen molar-refractivity contribution in [2.75, 3.05) is 5.73 Å². The number of nitrogen functional groups attached to an aromatic ring is 1. The van der Waals surface area contributed by atoms with Crippen LogP contribution in [0.4, 0.5) is 5.69 Å². The van der Waals surface area contributed by atoms with Crippen LogP contribution in [0.3, 0.4) is 0 Å². The number of carboxylic acids is 1. The SMILES string of the molecule is Cc1sc2c(N)cccc2c1C(=O)O. The third-order valence-corrected chi connectivity index (χ3v) is 3.31. The Labute approximate surface area is 84.8 Å². The summed E-state index contributed by atoms with van der Waals surface area (Å²) in [5, 5.41) is 9.75. The number of nitrogens with two attached hydrogens (primary N) is 1. The first-order chi connectivity index (χ1) is 6.61. The molecule has 0 fully saturated rings. The molecule has 0 aliphatic carbocycles. The van der Waals surface area contributed by atoms with E-state index >= 15 is 0 Å². The minimum absolute atomic E-state index is 0.373. The highest BCUT2D eigenvalue weighted by molar-refractivity contribution is 7.20. The van der Waals surface area contributed by atoms with Gasteiger partial charge in [0.1, 0.15) is 0 Å². The second kappa shape index (κ2) is 2.99. The lowest BCUT2D eigenvalue weighted by molar-refractivity contribution is 0.0699. The van der Waals surface area contributed by atoms with Crippen LogP contribution in [0.2, 0.25) is 0 Å². The summed E-state index contributed by atoms with van der Waals surface area (Å²) in [6.07, 6.45) is 0. The Hall–Kier alpha value is -1.55. The molecule has 1 aromatic heterocycles. The maximum Gasteiger partial charge on any atom is 0.337 e. The maximum absolute atomic E-state index is 11.0. The van der Waals surface area contributed by atoms with Crippen molar-refractivity contribution < 1.29 is 9.90 Å². The van der Waals surface area contributed by atoms with E-state index in [1.54, 1.807) is 25.1 Å². The predicted molar refractivity (Wildman–Crippen MR) is 57.9 cm³/mol. The van der Waals surface area contributed by atoms with E-state index in [9.17, 15) is 4.79 Å². The summed E-state index contributed by atoms with van der Waals surface area (Å²) >= 11 is 1.43. The molecule has 0 atom stereocenters. The molecule has 72 valence electrons. The van der Waals surface area contributed by atoms with Crippen molar-refractivity contribution in [3.05, 3.63) is 28.6 Å². The van der Waals surface area contributed by atoms with Crippen molar-refractivity contribution in [3.63, 3.8) is 0 Å². The van der Waals surface area contributed by atoms with Gasteiger partial charge in [0, 0.05) is 16.0 Å². The van der Waals surface area contributed by atoms with Crippen LogP contribution < -0.4 is 5.73 Å². The summed E-state index contributed by atoms with van der Waals surface area (Å²) < 4.78 is 0.863. The molecule has 2 aromatic rings. The quantitative estimate of drug-likeness (QED) is 0.706. The van der Waals surface area contributed by atoms with E-state index in [2.05, 4.69) is 0 Å². The molecule has 1 aromatic carbocycles.